The van der Waals surface area contributed by atoms with Crippen molar-refractivity contribution < 1.29 is 4.39 Å². The molecule has 3 fully saturated rings. The average molecular weight is 437 g/mol. The molecule has 0 saturated carbocycles. The third kappa shape index (κ3) is 4.44. The van der Waals surface area contributed by atoms with Crippen molar-refractivity contribution in [2.45, 2.75) is 50.7 Å². The highest BCUT2D eigenvalue weighted by Crippen LogP contribution is 2.32. The van der Waals surface area contributed by atoms with Gasteiger partial charge in [0.05, 0.1) is 11.3 Å². The highest BCUT2D eigenvalue weighted by atomic mass is 19.1. The minimum atomic E-state index is -0.847. The Labute approximate surface area is 190 Å². The quantitative estimate of drug-likeness (QED) is 0.730. The van der Waals surface area contributed by atoms with Gasteiger partial charge in [0.15, 0.2) is 0 Å². The van der Waals surface area contributed by atoms with E-state index in [1.165, 1.54) is 51.6 Å². The Hall–Kier alpha value is -2.30. The van der Waals surface area contributed by atoms with Gasteiger partial charge in [0.25, 0.3) is 0 Å². The first kappa shape index (κ1) is 21.5. The van der Waals surface area contributed by atoms with Crippen molar-refractivity contribution in [1.82, 2.24) is 19.8 Å². The number of nitrogens with zero attached hydrogens (tertiary/aromatic N) is 6. The Morgan fingerprint density at radius 2 is 1.66 bits per heavy atom. The summed E-state index contributed by atoms with van der Waals surface area (Å²) in [6.45, 7) is 6.57. The summed E-state index contributed by atoms with van der Waals surface area (Å²) in [4.78, 5) is 16.1. The average Bonchev–Trinajstić information content (AvgIpc) is 3.02. The molecule has 2 atom stereocenters. The van der Waals surface area contributed by atoms with Gasteiger partial charge in [0, 0.05) is 44.0 Å². The lowest BCUT2D eigenvalue weighted by Gasteiger charge is -2.39. The van der Waals surface area contributed by atoms with Gasteiger partial charge >= 0.3 is 0 Å². The van der Waals surface area contributed by atoms with Crippen LogP contribution in [0.3, 0.4) is 0 Å². The van der Waals surface area contributed by atoms with Gasteiger partial charge in [-0.25, -0.2) is 4.39 Å². The molecule has 1 unspecified atom stereocenters. The topological polar surface area (TPSA) is 59.3 Å². The molecule has 170 valence electrons. The number of likely N-dealkylation sites (tertiary alicyclic amines) is 2. The maximum atomic E-state index is 15.1. The van der Waals surface area contributed by atoms with E-state index in [4.69, 9.17) is 0 Å². The van der Waals surface area contributed by atoms with Gasteiger partial charge < -0.3 is 14.7 Å². The molecule has 0 amide bonds. The lowest BCUT2D eigenvalue weighted by Crippen LogP contribution is -2.47. The summed E-state index contributed by atoms with van der Waals surface area (Å²) in [5, 5.41) is 9.37. The van der Waals surface area contributed by atoms with Crippen LogP contribution in [0.4, 0.5) is 10.1 Å². The third-order valence-electron chi connectivity index (χ3n) is 7.63. The number of halogens is 1. The number of fused-ring (bicyclic) bond motifs is 1. The van der Waals surface area contributed by atoms with Crippen LogP contribution in [0, 0.1) is 17.2 Å². The number of anilines is 1. The highest BCUT2D eigenvalue weighted by Gasteiger charge is 2.36. The van der Waals surface area contributed by atoms with Crippen LogP contribution in [-0.2, 0) is 0 Å². The molecule has 0 spiro atoms. The Morgan fingerprint density at radius 1 is 0.938 bits per heavy atom. The molecule has 3 aliphatic heterocycles. The predicted molar refractivity (Wildman–Crippen MR) is 124 cm³/mol. The second-order valence-electron chi connectivity index (χ2n) is 9.66. The van der Waals surface area contributed by atoms with Gasteiger partial charge in [-0.05, 0) is 64.0 Å². The first-order chi connectivity index (χ1) is 15.7. The zero-order valence-corrected chi connectivity index (χ0v) is 18.8. The molecule has 3 saturated heterocycles. The van der Waals surface area contributed by atoms with Gasteiger partial charge in [0.1, 0.15) is 23.3 Å². The van der Waals surface area contributed by atoms with E-state index in [-0.39, 0.29) is 5.92 Å². The molecule has 1 aromatic carbocycles. The fraction of sp³-hybridized carbons (Fsp3) is 0.640. The number of benzene rings is 1. The molecule has 7 heteroatoms. The third-order valence-corrected chi connectivity index (χ3v) is 7.63. The minimum Gasteiger partial charge on any atom is -0.366 e. The first-order valence-electron chi connectivity index (χ1n) is 12.2. The number of piperidine rings is 1. The van der Waals surface area contributed by atoms with Crippen LogP contribution in [0.2, 0.25) is 0 Å². The lowest BCUT2D eigenvalue weighted by molar-refractivity contribution is 0.0944. The summed E-state index contributed by atoms with van der Waals surface area (Å²) in [5.41, 5.74) is 2.69. The summed E-state index contributed by atoms with van der Waals surface area (Å²) >= 11 is 0. The molecule has 1 aromatic heterocycles. The van der Waals surface area contributed by atoms with Crippen LogP contribution in [0.25, 0.3) is 11.0 Å². The molecule has 0 N–H and O–H groups in total. The zero-order chi connectivity index (χ0) is 21.9. The van der Waals surface area contributed by atoms with E-state index in [0.717, 1.165) is 25.3 Å². The molecule has 32 heavy (non-hydrogen) atoms. The van der Waals surface area contributed by atoms with E-state index in [9.17, 15) is 5.26 Å². The summed E-state index contributed by atoms with van der Waals surface area (Å²) in [5.74, 6) is 0.00658. The van der Waals surface area contributed by atoms with Crippen LogP contribution < -0.4 is 4.90 Å². The second-order valence-corrected chi connectivity index (χ2v) is 9.66. The van der Waals surface area contributed by atoms with E-state index in [1.807, 2.05) is 6.07 Å². The summed E-state index contributed by atoms with van der Waals surface area (Å²) < 4.78 is 15.1. The highest BCUT2D eigenvalue weighted by molar-refractivity contribution is 5.92. The van der Waals surface area contributed by atoms with Crippen molar-refractivity contribution in [2.75, 3.05) is 50.7 Å². The van der Waals surface area contributed by atoms with Gasteiger partial charge in [-0.3, -0.25) is 9.97 Å². The van der Waals surface area contributed by atoms with Gasteiger partial charge in [-0.15, -0.1) is 0 Å². The first-order valence-corrected chi connectivity index (χ1v) is 12.2. The number of hydrogen-bond donors (Lipinski definition) is 0. The Kier molecular flexibility index (Phi) is 6.52. The molecule has 6 nitrogen and oxygen atoms in total. The summed E-state index contributed by atoms with van der Waals surface area (Å²) in [7, 11) is 0. The van der Waals surface area contributed by atoms with Crippen LogP contribution in [0.1, 0.15) is 44.1 Å². The molecule has 5 rings (SSSR count). The van der Waals surface area contributed by atoms with E-state index in [0.29, 0.717) is 35.7 Å². The number of alkyl halides is 1. The zero-order valence-electron chi connectivity index (χ0n) is 18.8. The van der Waals surface area contributed by atoms with Crippen molar-refractivity contribution in [3.63, 3.8) is 0 Å². The largest absolute Gasteiger partial charge is 0.366 e. The van der Waals surface area contributed by atoms with Crippen molar-refractivity contribution in [3.05, 3.63) is 30.1 Å². The standard InChI is InChI=1S/C25H33FN6/c26-22-18-32(23-6-5-19(15-27)24-25(23)29-10-9-28-24)17-20(22)16-30-13-7-21(8-14-30)31-11-3-1-2-4-12-31/h5-6,9-10,20-22H,1-4,7-8,11-14,16-18H2/t20-,22?/m0/s1. The normalized spacial score (nSPS) is 26.3. The van der Waals surface area contributed by atoms with E-state index in [2.05, 4.69) is 30.7 Å². The Morgan fingerprint density at radius 3 is 2.38 bits per heavy atom. The molecular formula is C25H33FN6. The predicted octanol–water partition coefficient (Wildman–Crippen LogP) is 3.62. The molecule has 3 aliphatic rings. The smallest absolute Gasteiger partial charge is 0.123 e. The Balaban J connectivity index is 1.21. The molecule has 2 aromatic rings. The molecule has 0 aliphatic carbocycles. The van der Waals surface area contributed by atoms with Crippen LogP contribution in [0.5, 0.6) is 0 Å². The number of rotatable bonds is 4. The van der Waals surface area contributed by atoms with Crippen LogP contribution >= 0.6 is 0 Å². The second kappa shape index (κ2) is 9.68. The van der Waals surface area contributed by atoms with Crippen molar-refractivity contribution in [3.8, 4) is 6.07 Å². The monoisotopic (exact) mass is 436 g/mol. The number of hydrogen-bond acceptors (Lipinski definition) is 6. The van der Waals surface area contributed by atoms with Gasteiger partial charge in [0.2, 0.25) is 0 Å². The van der Waals surface area contributed by atoms with Gasteiger partial charge in [-0.1, -0.05) is 12.8 Å². The molecule has 0 radical (unpaired) electrons. The van der Waals surface area contributed by atoms with E-state index >= 15 is 4.39 Å². The fourth-order valence-electron chi connectivity index (χ4n) is 5.85. The van der Waals surface area contributed by atoms with Crippen molar-refractivity contribution in [2.24, 2.45) is 5.92 Å². The van der Waals surface area contributed by atoms with Crippen LogP contribution in [0.15, 0.2) is 24.5 Å². The minimum absolute atomic E-state index is 0.00658. The van der Waals surface area contributed by atoms with Crippen molar-refractivity contribution >= 4 is 16.7 Å². The van der Waals surface area contributed by atoms with Crippen molar-refractivity contribution in [1.29, 1.82) is 5.26 Å². The summed E-state index contributed by atoms with van der Waals surface area (Å²) in [6, 6.07) is 6.58. The maximum Gasteiger partial charge on any atom is 0.123 e. The molecular weight excluding hydrogens is 403 g/mol. The maximum absolute atomic E-state index is 15.1. The number of aromatic nitrogens is 2. The molecule has 4 heterocycles. The lowest BCUT2D eigenvalue weighted by atomic mass is 10.00. The summed E-state index contributed by atoms with van der Waals surface area (Å²) in [6.07, 6.45) is 10.3. The fourth-order valence-corrected chi connectivity index (χ4v) is 5.85. The van der Waals surface area contributed by atoms with Gasteiger partial charge in [-0.2, -0.15) is 5.26 Å². The van der Waals surface area contributed by atoms with E-state index in [1.54, 1.807) is 18.5 Å². The SMILES string of the molecule is N#Cc1ccc(N2CC(F)[C@@H](CN3CCC(N4CCCCCC4)CC3)C2)c2nccnc12. The van der Waals surface area contributed by atoms with E-state index < -0.39 is 6.17 Å². The number of nitriles is 1. The Bertz CT molecular complexity index is 959. The molecule has 0 bridgehead atoms. The van der Waals surface area contributed by atoms with Crippen LogP contribution in [-0.4, -0.2) is 77.8 Å².